The minimum atomic E-state index is 0.163. The average molecular weight is 244 g/mol. The molecule has 0 radical (unpaired) electrons. The first kappa shape index (κ1) is 11.4. The Hall–Kier alpha value is -1.74. The maximum Gasteiger partial charge on any atom is 0.161 e. The zero-order valence-corrected chi connectivity index (χ0v) is 10.1. The molecule has 1 atom stereocenters. The highest BCUT2D eigenvalue weighted by molar-refractivity contribution is 5.85. The van der Waals surface area contributed by atoms with Gasteiger partial charge < -0.3 is 14.6 Å². The minimum absolute atomic E-state index is 0.163. The van der Waals surface area contributed by atoms with Gasteiger partial charge in [0.25, 0.3) is 0 Å². The monoisotopic (exact) mass is 244 g/mol. The molecule has 3 nitrogen and oxygen atoms in total. The molecule has 1 heterocycles. The average Bonchev–Trinajstić information content (AvgIpc) is 2.89. The SMILES string of the molecule is Oc1cc2ccccc2cc1OCC1CCCO1. The maximum atomic E-state index is 9.92. The van der Waals surface area contributed by atoms with Crippen molar-refractivity contribution in [1.82, 2.24) is 0 Å². The summed E-state index contributed by atoms with van der Waals surface area (Å²) < 4.78 is 11.1. The second kappa shape index (κ2) is 4.86. The van der Waals surface area contributed by atoms with Crippen LogP contribution in [0.2, 0.25) is 0 Å². The minimum Gasteiger partial charge on any atom is -0.504 e. The van der Waals surface area contributed by atoms with Crippen LogP contribution in [-0.2, 0) is 4.74 Å². The molecule has 3 heteroatoms. The molecule has 1 unspecified atom stereocenters. The molecular formula is C15H16O3. The molecule has 0 bridgehead atoms. The Morgan fingerprint density at radius 3 is 2.72 bits per heavy atom. The Bertz CT molecular complexity index is 544. The molecular weight excluding hydrogens is 228 g/mol. The Kier molecular flexibility index (Phi) is 3.07. The topological polar surface area (TPSA) is 38.7 Å². The molecule has 0 aromatic heterocycles. The summed E-state index contributed by atoms with van der Waals surface area (Å²) in [6.45, 7) is 1.32. The van der Waals surface area contributed by atoms with E-state index in [0.29, 0.717) is 12.4 Å². The van der Waals surface area contributed by atoms with Crippen LogP contribution in [-0.4, -0.2) is 24.4 Å². The number of phenolic OH excluding ortho intramolecular Hbond substituents is 1. The number of phenols is 1. The van der Waals surface area contributed by atoms with E-state index in [1.807, 2.05) is 30.3 Å². The van der Waals surface area contributed by atoms with Crippen molar-refractivity contribution in [2.24, 2.45) is 0 Å². The van der Waals surface area contributed by atoms with Crippen LogP contribution in [0.25, 0.3) is 10.8 Å². The van der Waals surface area contributed by atoms with Crippen molar-refractivity contribution in [3.63, 3.8) is 0 Å². The normalized spacial score (nSPS) is 19.2. The summed E-state index contributed by atoms with van der Waals surface area (Å²) in [6, 6.07) is 11.5. The number of ether oxygens (including phenoxy) is 2. The van der Waals surface area contributed by atoms with E-state index in [9.17, 15) is 5.11 Å². The van der Waals surface area contributed by atoms with E-state index < -0.39 is 0 Å². The second-order valence-electron chi connectivity index (χ2n) is 4.61. The quantitative estimate of drug-likeness (QED) is 0.901. The number of aromatic hydroxyl groups is 1. The fourth-order valence-corrected chi connectivity index (χ4v) is 2.28. The molecule has 0 saturated carbocycles. The van der Waals surface area contributed by atoms with Gasteiger partial charge in [0.05, 0.1) is 6.10 Å². The van der Waals surface area contributed by atoms with Gasteiger partial charge in [0.1, 0.15) is 6.61 Å². The number of hydrogen-bond donors (Lipinski definition) is 1. The zero-order valence-electron chi connectivity index (χ0n) is 10.1. The third-order valence-corrected chi connectivity index (χ3v) is 3.28. The first-order valence-electron chi connectivity index (χ1n) is 6.29. The van der Waals surface area contributed by atoms with Crippen LogP contribution in [0.5, 0.6) is 11.5 Å². The molecule has 3 rings (SSSR count). The van der Waals surface area contributed by atoms with Crippen molar-refractivity contribution >= 4 is 10.8 Å². The standard InChI is InChI=1S/C15H16O3/c16-14-8-11-4-1-2-5-12(11)9-15(14)18-10-13-6-3-7-17-13/h1-2,4-5,8-9,13,16H,3,6-7,10H2. The molecule has 2 aromatic carbocycles. The van der Waals surface area contributed by atoms with E-state index in [1.165, 1.54) is 0 Å². The van der Waals surface area contributed by atoms with Gasteiger partial charge >= 0.3 is 0 Å². The molecule has 94 valence electrons. The summed E-state index contributed by atoms with van der Waals surface area (Å²) in [7, 11) is 0. The van der Waals surface area contributed by atoms with Crippen LogP contribution < -0.4 is 4.74 Å². The molecule has 18 heavy (non-hydrogen) atoms. The number of rotatable bonds is 3. The highest BCUT2D eigenvalue weighted by Crippen LogP contribution is 2.31. The maximum absolute atomic E-state index is 9.92. The Labute approximate surface area is 106 Å². The molecule has 1 saturated heterocycles. The lowest BCUT2D eigenvalue weighted by molar-refractivity contribution is 0.0671. The molecule has 1 aliphatic heterocycles. The van der Waals surface area contributed by atoms with E-state index >= 15 is 0 Å². The Morgan fingerprint density at radius 1 is 1.22 bits per heavy atom. The summed E-state index contributed by atoms with van der Waals surface area (Å²) in [5, 5.41) is 12.0. The largest absolute Gasteiger partial charge is 0.504 e. The first-order valence-corrected chi connectivity index (χ1v) is 6.29. The van der Waals surface area contributed by atoms with Crippen LogP contribution in [0, 0.1) is 0 Å². The molecule has 0 spiro atoms. The van der Waals surface area contributed by atoms with Crippen molar-refractivity contribution in [3.05, 3.63) is 36.4 Å². The number of benzene rings is 2. The van der Waals surface area contributed by atoms with Gasteiger partial charge in [-0.1, -0.05) is 24.3 Å². The molecule has 1 fully saturated rings. The predicted octanol–water partition coefficient (Wildman–Crippen LogP) is 3.10. The van der Waals surface area contributed by atoms with Gasteiger partial charge in [0.15, 0.2) is 11.5 Å². The molecule has 0 amide bonds. The van der Waals surface area contributed by atoms with Crippen molar-refractivity contribution in [2.75, 3.05) is 13.2 Å². The first-order chi connectivity index (χ1) is 8.83. The van der Waals surface area contributed by atoms with E-state index in [-0.39, 0.29) is 11.9 Å². The van der Waals surface area contributed by atoms with Gasteiger partial charge in [-0.15, -0.1) is 0 Å². The smallest absolute Gasteiger partial charge is 0.161 e. The van der Waals surface area contributed by atoms with Crippen LogP contribution >= 0.6 is 0 Å². The highest BCUT2D eigenvalue weighted by Gasteiger charge is 2.16. The van der Waals surface area contributed by atoms with Crippen molar-refractivity contribution in [2.45, 2.75) is 18.9 Å². The summed E-state index contributed by atoms with van der Waals surface area (Å²) in [6.07, 6.45) is 2.29. The number of hydrogen-bond acceptors (Lipinski definition) is 3. The van der Waals surface area contributed by atoms with Crippen LogP contribution in [0.15, 0.2) is 36.4 Å². The van der Waals surface area contributed by atoms with Gasteiger partial charge in [-0.3, -0.25) is 0 Å². The fraction of sp³-hybridized carbons (Fsp3) is 0.333. The summed E-state index contributed by atoms with van der Waals surface area (Å²) in [5.41, 5.74) is 0. The fourth-order valence-electron chi connectivity index (χ4n) is 2.28. The lowest BCUT2D eigenvalue weighted by Gasteiger charge is -2.13. The van der Waals surface area contributed by atoms with E-state index in [0.717, 1.165) is 30.2 Å². The van der Waals surface area contributed by atoms with Gasteiger partial charge in [0.2, 0.25) is 0 Å². The molecule has 2 aromatic rings. The van der Waals surface area contributed by atoms with E-state index in [1.54, 1.807) is 6.07 Å². The molecule has 1 N–H and O–H groups in total. The Balaban J connectivity index is 1.80. The predicted molar refractivity (Wildman–Crippen MR) is 70.1 cm³/mol. The van der Waals surface area contributed by atoms with Gasteiger partial charge in [0, 0.05) is 6.61 Å². The lowest BCUT2D eigenvalue weighted by atomic mass is 10.1. The highest BCUT2D eigenvalue weighted by atomic mass is 16.5. The Morgan fingerprint density at radius 2 is 2.00 bits per heavy atom. The van der Waals surface area contributed by atoms with Crippen molar-refractivity contribution < 1.29 is 14.6 Å². The van der Waals surface area contributed by atoms with Crippen molar-refractivity contribution in [3.8, 4) is 11.5 Å². The second-order valence-corrected chi connectivity index (χ2v) is 4.61. The zero-order chi connectivity index (χ0) is 12.4. The summed E-state index contributed by atoms with van der Waals surface area (Å²) >= 11 is 0. The van der Waals surface area contributed by atoms with Crippen LogP contribution in [0.3, 0.4) is 0 Å². The third-order valence-electron chi connectivity index (χ3n) is 3.28. The molecule has 1 aliphatic rings. The van der Waals surface area contributed by atoms with Crippen molar-refractivity contribution in [1.29, 1.82) is 0 Å². The summed E-state index contributed by atoms with van der Waals surface area (Å²) in [4.78, 5) is 0. The van der Waals surface area contributed by atoms with Gasteiger partial charge in [-0.25, -0.2) is 0 Å². The lowest BCUT2D eigenvalue weighted by Crippen LogP contribution is -2.16. The molecule has 0 aliphatic carbocycles. The number of fused-ring (bicyclic) bond motifs is 1. The summed E-state index contributed by atoms with van der Waals surface area (Å²) in [5.74, 6) is 0.718. The van der Waals surface area contributed by atoms with Gasteiger partial charge in [-0.2, -0.15) is 0 Å². The van der Waals surface area contributed by atoms with Crippen LogP contribution in [0.1, 0.15) is 12.8 Å². The third kappa shape index (κ3) is 2.27. The van der Waals surface area contributed by atoms with E-state index in [4.69, 9.17) is 9.47 Å². The van der Waals surface area contributed by atoms with E-state index in [2.05, 4.69) is 0 Å². The van der Waals surface area contributed by atoms with Crippen LogP contribution in [0.4, 0.5) is 0 Å². The van der Waals surface area contributed by atoms with Gasteiger partial charge in [-0.05, 0) is 35.7 Å².